The van der Waals surface area contributed by atoms with Crippen molar-refractivity contribution in [1.29, 1.82) is 0 Å². The Hall–Kier alpha value is -0.250. The van der Waals surface area contributed by atoms with E-state index in [1.807, 2.05) is 0 Å². The smallest absolute Gasteiger partial charge is 0.349 e. The van der Waals surface area contributed by atoms with E-state index in [0.29, 0.717) is 0 Å². The van der Waals surface area contributed by atoms with Crippen LogP contribution in [0.1, 0.15) is 12.6 Å². The van der Waals surface area contributed by atoms with Gasteiger partial charge in [-0.1, -0.05) is 12.2 Å². The van der Waals surface area contributed by atoms with Crippen molar-refractivity contribution in [2.24, 2.45) is 0 Å². The number of phosphoric acid groups is 3. The number of rotatable bonds is 8. The molecule has 2 heterocycles. The summed E-state index contributed by atoms with van der Waals surface area (Å²) >= 11 is 9.56. The molecule has 1 aromatic heterocycles. The van der Waals surface area contributed by atoms with E-state index in [1.54, 1.807) is 0 Å². The molecule has 166 valence electrons. The summed E-state index contributed by atoms with van der Waals surface area (Å²) in [6.45, 7) is -0.848. The van der Waals surface area contributed by atoms with Crippen molar-refractivity contribution >= 4 is 47.9 Å². The predicted molar refractivity (Wildman–Crippen MR) is 93.6 cm³/mol. The third-order valence-electron chi connectivity index (χ3n) is 3.17. The van der Waals surface area contributed by atoms with Gasteiger partial charge in [0.2, 0.25) is 0 Å². The molecule has 0 amide bonds. The number of nitrogens with one attached hydrogen (secondary N) is 1. The van der Waals surface area contributed by atoms with Crippen LogP contribution < -0.4 is 0 Å². The van der Waals surface area contributed by atoms with Crippen molar-refractivity contribution in [1.82, 2.24) is 9.55 Å². The van der Waals surface area contributed by atoms with Crippen molar-refractivity contribution in [2.45, 2.75) is 24.9 Å². The van der Waals surface area contributed by atoms with Crippen LogP contribution >= 0.6 is 47.9 Å². The highest BCUT2D eigenvalue weighted by atomic mass is 32.1. The van der Waals surface area contributed by atoms with E-state index in [-0.39, 0.29) is 9.41 Å². The molecule has 1 saturated heterocycles. The highest BCUT2D eigenvalue weighted by molar-refractivity contribution is 7.72. The van der Waals surface area contributed by atoms with Gasteiger partial charge < -0.3 is 29.3 Å². The van der Waals surface area contributed by atoms with E-state index in [0.717, 1.165) is 10.8 Å². The average molecular weight is 520 g/mol. The number of hydrogen-bond donors (Lipinski definition) is 5. The van der Waals surface area contributed by atoms with Crippen LogP contribution in [-0.4, -0.2) is 48.0 Å². The first-order chi connectivity index (χ1) is 13.1. The minimum atomic E-state index is -5.68. The highest BCUT2D eigenvalue weighted by Crippen LogP contribution is 2.66. The van der Waals surface area contributed by atoms with Gasteiger partial charge in [-0.15, -0.1) is 0 Å². The lowest BCUT2D eigenvalue weighted by atomic mass is 10.2. The number of H-pyrrole nitrogens is 1. The maximum absolute atomic E-state index is 14.2. The summed E-state index contributed by atoms with van der Waals surface area (Å²) in [6.07, 6.45) is -3.98. The molecule has 13 nitrogen and oxygen atoms in total. The molecule has 0 saturated carbocycles. The zero-order valence-corrected chi connectivity index (χ0v) is 18.0. The fourth-order valence-electron chi connectivity index (χ4n) is 2.18. The fraction of sp³-hybridized carbons (Fsp3) is 0.556. The molecule has 1 fully saturated rings. The Bertz CT molecular complexity index is 1030. The summed E-state index contributed by atoms with van der Waals surface area (Å²) in [5, 5.41) is 0. The van der Waals surface area contributed by atoms with Gasteiger partial charge >= 0.3 is 23.5 Å². The lowest BCUT2D eigenvalue weighted by molar-refractivity contribution is -0.0383. The SMILES string of the molecule is O=P(O)(O)OP(=O)(O)OP(=O)(O)OCC1C[C@H](F)[C@H](n2cc(F)c(=S)[nH]c2=S)O1. The van der Waals surface area contributed by atoms with Crippen molar-refractivity contribution < 1.29 is 59.9 Å². The first kappa shape index (κ1) is 25.0. The molecule has 1 aromatic rings. The van der Waals surface area contributed by atoms with E-state index in [2.05, 4.69) is 30.3 Å². The first-order valence-corrected chi connectivity index (χ1v) is 12.5. The number of ether oxygens (including phenoxy) is 1. The van der Waals surface area contributed by atoms with E-state index in [9.17, 15) is 27.4 Å². The fourth-order valence-corrected chi connectivity index (χ4v) is 5.70. The molecule has 5 atom stereocenters. The van der Waals surface area contributed by atoms with E-state index in [4.69, 9.17) is 31.6 Å². The topological polar surface area (TPSA) is 190 Å². The van der Waals surface area contributed by atoms with Gasteiger partial charge in [0.1, 0.15) is 10.8 Å². The molecule has 1 aliphatic heterocycles. The van der Waals surface area contributed by atoms with Crippen LogP contribution in [0, 0.1) is 15.2 Å². The Morgan fingerprint density at radius 3 is 2.41 bits per heavy atom. The number of halogens is 2. The van der Waals surface area contributed by atoms with E-state index >= 15 is 0 Å². The summed E-state index contributed by atoms with van der Waals surface area (Å²) in [5.41, 5.74) is 0. The van der Waals surface area contributed by atoms with Gasteiger partial charge in [0, 0.05) is 12.6 Å². The van der Waals surface area contributed by atoms with Gasteiger partial charge in [0.25, 0.3) is 0 Å². The number of hydrogen-bond acceptors (Lipinski definition) is 9. The number of phosphoric ester groups is 1. The van der Waals surface area contributed by atoms with Gasteiger partial charge in [0.15, 0.2) is 16.8 Å². The predicted octanol–water partition coefficient (Wildman–Crippen LogP) is 2.38. The Morgan fingerprint density at radius 2 is 1.83 bits per heavy atom. The van der Waals surface area contributed by atoms with Crippen molar-refractivity contribution in [3.05, 3.63) is 21.4 Å². The quantitative estimate of drug-likeness (QED) is 0.248. The zero-order valence-electron chi connectivity index (χ0n) is 13.7. The number of nitrogens with zero attached hydrogens (tertiary/aromatic N) is 1. The lowest BCUT2D eigenvalue weighted by Gasteiger charge is -2.19. The first-order valence-electron chi connectivity index (χ1n) is 7.17. The Morgan fingerprint density at radius 1 is 1.21 bits per heavy atom. The Labute approximate surface area is 170 Å². The molecule has 1 aliphatic rings. The maximum atomic E-state index is 14.2. The summed E-state index contributed by atoms with van der Waals surface area (Å²) < 4.78 is 78.4. The zero-order chi connectivity index (χ0) is 22.2. The number of aromatic amines is 1. The van der Waals surface area contributed by atoms with Gasteiger partial charge in [-0.3, -0.25) is 9.09 Å². The number of alkyl halides is 1. The van der Waals surface area contributed by atoms with Crippen LogP contribution in [0.15, 0.2) is 6.20 Å². The van der Waals surface area contributed by atoms with Crippen molar-refractivity contribution in [3.63, 3.8) is 0 Å². The van der Waals surface area contributed by atoms with E-state index < -0.39 is 60.8 Å². The van der Waals surface area contributed by atoms with Crippen LogP contribution in [0.4, 0.5) is 8.78 Å². The molecule has 20 heteroatoms. The molecule has 0 radical (unpaired) electrons. The molecular weight excluding hydrogens is 507 g/mol. The molecule has 0 aromatic carbocycles. The van der Waals surface area contributed by atoms with Crippen LogP contribution in [0.3, 0.4) is 0 Å². The van der Waals surface area contributed by atoms with Crippen molar-refractivity contribution in [2.75, 3.05) is 6.61 Å². The third-order valence-corrected chi connectivity index (χ3v) is 7.58. The highest BCUT2D eigenvalue weighted by Gasteiger charge is 2.43. The van der Waals surface area contributed by atoms with E-state index in [1.165, 1.54) is 0 Å². The normalized spacial score (nSPS) is 26.8. The lowest BCUT2D eigenvalue weighted by Crippen LogP contribution is -2.19. The van der Waals surface area contributed by atoms with Crippen LogP contribution in [0.25, 0.3) is 0 Å². The third kappa shape index (κ3) is 7.43. The molecule has 29 heavy (non-hydrogen) atoms. The molecule has 3 unspecified atom stereocenters. The summed E-state index contributed by atoms with van der Waals surface area (Å²) in [7, 11) is -16.6. The van der Waals surface area contributed by atoms with Crippen LogP contribution in [-0.2, 0) is 31.6 Å². The molecule has 0 bridgehead atoms. The minimum Gasteiger partial charge on any atom is -0.349 e. The minimum absolute atomic E-state index is 0.155. The maximum Gasteiger partial charge on any atom is 0.490 e. The molecule has 2 rings (SSSR count). The monoisotopic (exact) mass is 520 g/mol. The molecular formula is C9H13F2N2O11P3S2. The second-order valence-corrected chi connectivity index (χ2v) is 10.6. The largest absolute Gasteiger partial charge is 0.490 e. The summed E-state index contributed by atoms with van der Waals surface area (Å²) in [4.78, 5) is 37.6. The Kier molecular flexibility index (Phi) is 7.84. The van der Waals surface area contributed by atoms with Crippen LogP contribution in [0.2, 0.25) is 0 Å². The second kappa shape index (κ2) is 9.09. The van der Waals surface area contributed by atoms with Crippen molar-refractivity contribution in [3.8, 4) is 0 Å². The van der Waals surface area contributed by atoms with Gasteiger partial charge in [-0.25, -0.2) is 22.5 Å². The van der Waals surface area contributed by atoms with Gasteiger partial charge in [-0.2, -0.15) is 8.62 Å². The molecule has 0 spiro atoms. The second-order valence-electron chi connectivity index (χ2n) is 5.43. The summed E-state index contributed by atoms with van der Waals surface area (Å²) in [5.74, 6) is -0.902. The number of aromatic nitrogens is 2. The summed E-state index contributed by atoms with van der Waals surface area (Å²) in [6, 6.07) is 0. The van der Waals surface area contributed by atoms with Crippen LogP contribution in [0.5, 0.6) is 0 Å². The molecule has 5 N–H and O–H groups in total. The average Bonchev–Trinajstić information content (AvgIpc) is 2.86. The van der Waals surface area contributed by atoms with Gasteiger partial charge in [0.05, 0.1) is 12.7 Å². The van der Waals surface area contributed by atoms with Gasteiger partial charge in [-0.05, 0) is 12.2 Å². The Balaban J connectivity index is 2.02. The molecule has 0 aliphatic carbocycles. The standard InChI is InChI=1S/C9H13F2N2O11P3S2/c10-5-1-4(22-8(5)13-2-6(11)7(28)12-9(13)29)3-21-26(17,18)24-27(19,20)23-25(14,15)16/h2,4-5,8H,1,3H2,(H,17,18)(H,19,20)(H,12,28,29)(H2,14,15,16)/t4?,5-,8+/m0/s1.